The number of hydrogen-bond donors (Lipinski definition) is 1. The SMILES string of the molecule is CCC(=O)CN(c1cccc(CO)c1)C(C)CC. The van der Waals surface area contributed by atoms with Gasteiger partial charge in [0.2, 0.25) is 0 Å². The van der Waals surface area contributed by atoms with Crippen molar-refractivity contribution in [3.05, 3.63) is 29.8 Å². The highest BCUT2D eigenvalue weighted by atomic mass is 16.3. The number of carbonyl (C=O) groups excluding carboxylic acids is 1. The molecule has 0 bridgehead atoms. The molecule has 0 saturated carbocycles. The third kappa shape index (κ3) is 3.84. The highest BCUT2D eigenvalue weighted by Crippen LogP contribution is 2.20. The normalized spacial score (nSPS) is 12.2. The molecule has 1 unspecified atom stereocenters. The van der Waals surface area contributed by atoms with Crippen LogP contribution >= 0.6 is 0 Å². The molecule has 0 aliphatic heterocycles. The van der Waals surface area contributed by atoms with Gasteiger partial charge in [-0.2, -0.15) is 0 Å². The van der Waals surface area contributed by atoms with E-state index in [0.29, 0.717) is 19.0 Å². The lowest BCUT2D eigenvalue weighted by Crippen LogP contribution is -2.37. The first-order chi connectivity index (χ1) is 8.62. The van der Waals surface area contributed by atoms with Crippen molar-refractivity contribution in [1.29, 1.82) is 0 Å². The van der Waals surface area contributed by atoms with Gasteiger partial charge < -0.3 is 10.0 Å². The van der Waals surface area contributed by atoms with Crippen molar-refractivity contribution in [1.82, 2.24) is 0 Å². The van der Waals surface area contributed by atoms with Crippen LogP contribution in [-0.4, -0.2) is 23.5 Å². The Bertz CT molecular complexity index is 390. The first-order valence-corrected chi connectivity index (χ1v) is 6.60. The summed E-state index contributed by atoms with van der Waals surface area (Å²) in [4.78, 5) is 13.8. The maximum Gasteiger partial charge on any atom is 0.151 e. The predicted molar refractivity (Wildman–Crippen MR) is 74.8 cm³/mol. The summed E-state index contributed by atoms with van der Waals surface area (Å²) in [5, 5.41) is 9.18. The number of hydrogen-bond acceptors (Lipinski definition) is 3. The Morgan fingerprint density at radius 1 is 1.39 bits per heavy atom. The van der Waals surface area contributed by atoms with Crippen molar-refractivity contribution in [2.75, 3.05) is 11.4 Å². The van der Waals surface area contributed by atoms with Gasteiger partial charge in [-0.05, 0) is 31.0 Å². The smallest absolute Gasteiger partial charge is 0.151 e. The van der Waals surface area contributed by atoms with Gasteiger partial charge in [0, 0.05) is 18.2 Å². The molecule has 1 rings (SSSR count). The molecule has 100 valence electrons. The van der Waals surface area contributed by atoms with E-state index in [1.807, 2.05) is 31.2 Å². The molecule has 1 atom stereocenters. The van der Waals surface area contributed by atoms with E-state index in [1.165, 1.54) is 0 Å². The third-order valence-corrected chi connectivity index (χ3v) is 3.29. The molecule has 0 aromatic heterocycles. The van der Waals surface area contributed by atoms with E-state index in [9.17, 15) is 9.90 Å². The zero-order chi connectivity index (χ0) is 13.5. The van der Waals surface area contributed by atoms with Crippen molar-refractivity contribution in [2.24, 2.45) is 0 Å². The maximum absolute atomic E-state index is 11.7. The summed E-state index contributed by atoms with van der Waals surface area (Å²) in [7, 11) is 0. The minimum absolute atomic E-state index is 0.0317. The Balaban J connectivity index is 2.96. The summed E-state index contributed by atoms with van der Waals surface area (Å²) in [6, 6.07) is 8.07. The zero-order valence-corrected chi connectivity index (χ0v) is 11.5. The second-order valence-corrected chi connectivity index (χ2v) is 4.61. The van der Waals surface area contributed by atoms with E-state index in [2.05, 4.69) is 18.7 Å². The van der Waals surface area contributed by atoms with Gasteiger partial charge in [0.25, 0.3) is 0 Å². The number of ketones is 1. The molecule has 1 N–H and O–H groups in total. The fourth-order valence-electron chi connectivity index (χ4n) is 1.86. The lowest BCUT2D eigenvalue weighted by atomic mass is 10.1. The number of rotatable bonds is 7. The first-order valence-electron chi connectivity index (χ1n) is 6.60. The lowest BCUT2D eigenvalue weighted by Gasteiger charge is -2.30. The molecule has 3 nitrogen and oxygen atoms in total. The highest BCUT2D eigenvalue weighted by Gasteiger charge is 2.16. The second kappa shape index (κ2) is 7.17. The van der Waals surface area contributed by atoms with Crippen LogP contribution in [0.3, 0.4) is 0 Å². The Morgan fingerprint density at radius 2 is 2.11 bits per heavy atom. The van der Waals surface area contributed by atoms with Crippen LogP contribution < -0.4 is 4.90 Å². The van der Waals surface area contributed by atoms with Crippen LogP contribution in [0, 0.1) is 0 Å². The summed E-state index contributed by atoms with van der Waals surface area (Å²) in [5.74, 6) is 0.240. The molecule has 0 spiro atoms. The second-order valence-electron chi connectivity index (χ2n) is 4.61. The molecule has 0 aliphatic carbocycles. The van der Waals surface area contributed by atoms with Gasteiger partial charge in [0.1, 0.15) is 0 Å². The summed E-state index contributed by atoms with van der Waals surface area (Å²) >= 11 is 0. The van der Waals surface area contributed by atoms with E-state index in [4.69, 9.17) is 0 Å². The minimum Gasteiger partial charge on any atom is -0.392 e. The topological polar surface area (TPSA) is 40.5 Å². The number of nitrogens with zero attached hydrogens (tertiary/aromatic N) is 1. The van der Waals surface area contributed by atoms with Crippen LogP contribution in [0.15, 0.2) is 24.3 Å². The Kier molecular flexibility index (Phi) is 5.86. The lowest BCUT2D eigenvalue weighted by molar-refractivity contribution is -0.117. The monoisotopic (exact) mass is 249 g/mol. The molecule has 0 saturated heterocycles. The van der Waals surface area contributed by atoms with Crippen LogP contribution in [0.25, 0.3) is 0 Å². The van der Waals surface area contributed by atoms with E-state index in [1.54, 1.807) is 0 Å². The molecule has 0 amide bonds. The third-order valence-electron chi connectivity index (χ3n) is 3.29. The molecule has 0 heterocycles. The average molecular weight is 249 g/mol. The number of carbonyl (C=O) groups is 1. The quantitative estimate of drug-likeness (QED) is 0.807. The summed E-state index contributed by atoms with van der Waals surface area (Å²) in [5.41, 5.74) is 1.89. The number of anilines is 1. The van der Waals surface area contributed by atoms with Crippen molar-refractivity contribution in [3.63, 3.8) is 0 Å². The average Bonchev–Trinajstić information content (AvgIpc) is 2.43. The van der Waals surface area contributed by atoms with Crippen LogP contribution in [0.1, 0.15) is 39.2 Å². The van der Waals surface area contributed by atoms with Gasteiger partial charge in [-0.15, -0.1) is 0 Å². The standard InChI is InChI=1S/C15H23NO2/c1-4-12(3)16(10-15(18)5-2)14-8-6-7-13(9-14)11-17/h6-9,12,17H,4-5,10-11H2,1-3H3. The Labute approximate surface area is 109 Å². The van der Waals surface area contributed by atoms with Crippen molar-refractivity contribution >= 4 is 11.5 Å². The van der Waals surface area contributed by atoms with E-state index in [-0.39, 0.29) is 12.4 Å². The van der Waals surface area contributed by atoms with Crippen LogP contribution in [0.2, 0.25) is 0 Å². The maximum atomic E-state index is 11.7. The molecule has 3 heteroatoms. The highest BCUT2D eigenvalue weighted by molar-refractivity contribution is 5.83. The van der Waals surface area contributed by atoms with Crippen LogP contribution in [0.4, 0.5) is 5.69 Å². The Morgan fingerprint density at radius 3 is 2.67 bits per heavy atom. The number of aliphatic hydroxyl groups is 1. The number of benzene rings is 1. The largest absolute Gasteiger partial charge is 0.392 e. The molecule has 1 aromatic rings. The van der Waals surface area contributed by atoms with Gasteiger partial charge >= 0.3 is 0 Å². The summed E-state index contributed by atoms with van der Waals surface area (Å²) in [6.07, 6.45) is 1.55. The van der Waals surface area contributed by atoms with Crippen LogP contribution in [-0.2, 0) is 11.4 Å². The van der Waals surface area contributed by atoms with E-state index in [0.717, 1.165) is 17.7 Å². The summed E-state index contributed by atoms with van der Waals surface area (Å²) in [6.45, 7) is 6.60. The molecular formula is C15H23NO2. The van der Waals surface area contributed by atoms with Crippen molar-refractivity contribution in [2.45, 2.75) is 46.3 Å². The van der Waals surface area contributed by atoms with Crippen molar-refractivity contribution < 1.29 is 9.90 Å². The molecule has 1 aromatic carbocycles. The molecule has 0 radical (unpaired) electrons. The van der Waals surface area contributed by atoms with E-state index >= 15 is 0 Å². The van der Waals surface area contributed by atoms with Gasteiger partial charge in [-0.3, -0.25) is 4.79 Å². The fraction of sp³-hybridized carbons (Fsp3) is 0.533. The van der Waals surface area contributed by atoms with E-state index < -0.39 is 0 Å². The molecule has 0 aliphatic rings. The van der Waals surface area contributed by atoms with Crippen LogP contribution in [0.5, 0.6) is 0 Å². The van der Waals surface area contributed by atoms with Crippen molar-refractivity contribution in [3.8, 4) is 0 Å². The Hall–Kier alpha value is -1.35. The molecule has 0 fully saturated rings. The number of Topliss-reactive ketones (excluding diaryl/α,β-unsaturated/α-hetero) is 1. The van der Waals surface area contributed by atoms with Gasteiger partial charge in [-0.25, -0.2) is 0 Å². The fourth-order valence-corrected chi connectivity index (χ4v) is 1.86. The summed E-state index contributed by atoms with van der Waals surface area (Å²) < 4.78 is 0. The zero-order valence-electron chi connectivity index (χ0n) is 11.5. The number of aliphatic hydroxyl groups excluding tert-OH is 1. The predicted octanol–water partition coefficient (Wildman–Crippen LogP) is 2.76. The molecule has 18 heavy (non-hydrogen) atoms. The minimum atomic E-state index is 0.0317. The van der Waals surface area contributed by atoms with Gasteiger partial charge in [0.05, 0.1) is 13.2 Å². The molecular weight excluding hydrogens is 226 g/mol. The van der Waals surface area contributed by atoms with Gasteiger partial charge in [0.15, 0.2) is 5.78 Å². The first kappa shape index (κ1) is 14.7. The van der Waals surface area contributed by atoms with Gasteiger partial charge in [-0.1, -0.05) is 26.0 Å².